The molecule has 0 heterocycles. The van der Waals surface area contributed by atoms with Crippen LogP contribution in [0.4, 0.5) is 5.69 Å². The van der Waals surface area contributed by atoms with Crippen LogP contribution in [0.15, 0.2) is 59.5 Å². The Morgan fingerprint density at radius 2 is 1.77 bits per heavy atom. The summed E-state index contributed by atoms with van der Waals surface area (Å²) in [5, 5.41) is 7.68. The van der Waals surface area contributed by atoms with Crippen LogP contribution in [0.1, 0.15) is 25.3 Å². The van der Waals surface area contributed by atoms with Gasteiger partial charge in [0.1, 0.15) is 5.75 Å². The van der Waals surface area contributed by atoms with E-state index in [2.05, 4.69) is 12.2 Å². The lowest BCUT2D eigenvalue weighted by atomic mass is 10.2. The van der Waals surface area contributed by atoms with Crippen molar-refractivity contribution in [3.05, 3.63) is 60.2 Å². The second kappa shape index (κ2) is 9.17. The van der Waals surface area contributed by atoms with Crippen LogP contribution >= 0.6 is 0 Å². The van der Waals surface area contributed by atoms with Crippen LogP contribution in [-0.4, -0.2) is 20.9 Å². The van der Waals surface area contributed by atoms with Gasteiger partial charge in [0, 0.05) is 11.8 Å². The van der Waals surface area contributed by atoms with Crippen molar-refractivity contribution in [3.8, 4) is 5.75 Å². The maximum Gasteiger partial charge on any atom is 0.248 e. The van der Waals surface area contributed by atoms with Gasteiger partial charge >= 0.3 is 0 Å². The molecule has 0 aliphatic rings. The van der Waals surface area contributed by atoms with Crippen LogP contribution in [0, 0.1) is 0 Å². The number of carbonyl (C=O) groups excluding carboxylic acids is 1. The first-order valence-corrected chi connectivity index (χ1v) is 9.78. The maximum atomic E-state index is 11.9. The minimum Gasteiger partial charge on any atom is -0.494 e. The quantitative estimate of drug-likeness (QED) is 0.548. The molecule has 7 heteroatoms. The molecule has 6 nitrogen and oxygen atoms in total. The Morgan fingerprint density at radius 1 is 1.12 bits per heavy atom. The van der Waals surface area contributed by atoms with Crippen molar-refractivity contribution in [1.82, 2.24) is 0 Å². The fourth-order valence-electron chi connectivity index (χ4n) is 2.09. The van der Waals surface area contributed by atoms with Crippen molar-refractivity contribution in [2.75, 3.05) is 11.9 Å². The third kappa shape index (κ3) is 6.34. The van der Waals surface area contributed by atoms with Gasteiger partial charge in [-0.2, -0.15) is 0 Å². The van der Waals surface area contributed by atoms with Gasteiger partial charge in [0.05, 0.1) is 11.5 Å². The summed E-state index contributed by atoms with van der Waals surface area (Å²) in [6.07, 6.45) is 5.19. The molecule has 3 N–H and O–H groups in total. The predicted octanol–water partition coefficient (Wildman–Crippen LogP) is 3.16. The molecule has 2 rings (SSSR count). The first kappa shape index (κ1) is 19.7. The summed E-state index contributed by atoms with van der Waals surface area (Å²) >= 11 is 0. The fraction of sp³-hybridized carbons (Fsp3) is 0.211. The van der Waals surface area contributed by atoms with Gasteiger partial charge in [-0.25, -0.2) is 13.6 Å². The second-order valence-corrected chi connectivity index (χ2v) is 7.22. The molecule has 2 aromatic carbocycles. The van der Waals surface area contributed by atoms with Gasteiger partial charge in [-0.3, -0.25) is 4.79 Å². The number of amides is 1. The molecule has 0 saturated carbocycles. The van der Waals surface area contributed by atoms with Gasteiger partial charge in [0.25, 0.3) is 0 Å². The summed E-state index contributed by atoms with van der Waals surface area (Å²) in [6.45, 7) is 2.80. The van der Waals surface area contributed by atoms with E-state index >= 15 is 0 Å². The molecule has 0 fully saturated rings. The Hall–Kier alpha value is -2.64. The van der Waals surface area contributed by atoms with Gasteiger partial charge in [-0.15, -0.1) is 0 Å². The minimum atomic E-state index is -3.74. The van der Waals surface area contributed by atoms with E-state index in [4.69, 9.17) is 9.88 Å². The van der Waals surface area contributed by atoms with Crippen molar-refractivity contribution in [1.29, 1.82) is 0 Å². The highest BCUT2D eigenvalue weighted by Crippen LogP contribution is 2.15. The molecule has 0 spiro atoms. The SMILES string of the molecule is CCCCOc1ccc(/C=C\C(=O)Nc2ccc(S(N)(=O)=O)cc2)cc1. The Labute approximate surface area is 153 Å². The number of unbranched alkanes of at least 4 members (excludes halogenated alkanes) is 1. The smallest absolute Gasteiger partial charge is 0.248 e. The van der Waals surface area contributed by atoms with Crippen molar-refractivity contribution < 1.29 is 17.9 Å². The number of nitrogens with two attached hydrogens (primary N) is 1. The largest absolute Gasteiger partial charge is 0.494 e. The number of primary sulfonamides is 1. The number of carbonyl (C=O) groups is 1. The molecule has 1 amide bonds. The molecular formula is C19H22N2O4S. The molecule has 0 atom stereocenters. The van der Waals surface area contributed by atoms with Gasteiger partial charge in [0.15, 0.2) is 0 Å². The van der Waals surface area contributed by atoms with E-state index in [0.29, 0.717) is 12.3 Å². The van der Waals surface area contributed by atoms with Gasteiger partial charge < -0.3 is 10.1 Å². The van der Waals surface area contributed by atoms with Crippen LogP contribution in [0.5, 0.6) is 5.75 Å². The lowest BCUT2D eigenvalue weighted by molar-refractivity contribution is -0.111. The first-order valence-electron chi connectivity index (χ1n) is 8.23. The molecule has 2 aromatic rings. The normalized spacial score (nSPS) is 11.5. The molecule has 0 bridgehead atoms. The molecule has 0 saturated heterocycles. The third-order valence-corrected chi connectivity index (χ3v) is 4.45. The van der Waals surface area contributed by atoms with E-state index in [9.17, 15) is 13.2 Å². The number of ether oxygens (including phenoxy) is 1. The Balaban J connectivity index is 1.90. The maximum absolute atomic E-state index is 11.9. The number of hydrogen-bond acceptors (Lipinski definition) is 4. The van der Waals surface area contributed by atoms with Crippen molar-refractivity contribution in [2.45, 2.75) is 24.7 Å². The molecule has 0 aliphatic carbocycles. The highest BCUT2D eigenvalue weighted by molar-refractivity contribution is 7.89. The van der Waals surface area contributed by atoms with E-state index < -0.39 is 10.0 Å². The van der Waals surface area contributed by atoms with E-state index in [1.165, 1.54) is 30.3 Å². The molecule has 0 radical (unpaired) electrons. The molecule has 26 heavy (non-hydrogen) atoms. The number of hydrogen-bond donors (Lipinski definition) is 2. The van der Waals surface area contributed by atoms with E-state index in [0.717, 1.165) is 24.2 Å². The molecule has 138 valence electrons. The Bertz CT molecular complexity index is 857. The molecule has 0 unspecified atom stereocenters. The topological polar surface area (TPSA) is 98.5 Å². The van der Waals surface area contributed by atoms with E-state index in [-0.39, 0.29) is 10.8 Å². The van der Waals surface area contributed by atoms with Crippen molar-refractivity contribution in [2.24, 2.45) is 5.14 Å². The lowest BCUT2D eigenvalue weighted by Gasteiger charge is -2.05. The highest BCUT2D eigenvalue weighted by atomic mass is 32.2. The number of rotatable bonds is 8. The summed E-state index contributed by atoms with van der Waals surface area (Å²) in [4.78, 5) is 11.9. The zero-order valence-electron chi connectivity index (χ0n) is 14.5. The number of benzene rings is 2. The Morgan fingerprint density at radius 3 is 2.35 bits per heavy atom. The highest BCUT2D eigenvalue weighted by Gasteiger charge is 2.07. The van der Waals surface area contributed by atoms with Gasteiger partial charge in [-0.1, -0.05) is 25.5 Å². The van der Waals surface area contributed by atoms with Crippen LogP contribution in [-0.2, 0) is 14.8 Å². The van der Waals surface area contributed by atoms with Gasteiger partial charge in [-0.05, 0) is 54.5 Å². The standard InChI is InChI=1S/C19H22N2O4S/c1-2-3-14-25-17-9-4-15(5-10-17)6-13-19(22)21-16-7-11-18(12-8-16)26(20,23)24/h4-13H,2-3,14H2,1H3,(H,21,22)(H2,20,23,24)/b13-6-. The predicted molar refractivity (Wildman–Crippen MR) is 102 cm³/mol. The molecular weight excluding hydrogens is 352 g/mol. The summed E-state index contributed by atoms with van der Waals surface area (Å²) in [6, 6.07) is 13.1. The summed E-state index contributed by atoms with van der Waals surface area (Å²) in [5.41, 5.74) is 1.35. The average Bonchev–Trinajstić information content (AvgIpc) is 2.61. The average molecular weight is 374 g/mol. The summed E-state index contributed by atoms with van der Waals surface area (Å²) in [5.74, 6) is 0.478. The third-order valence-electron chi connectivity index (χ3n) is 3.52. The zero-order valence-corrected chi connectivity index (χ0v) is 15.3. The number of anilines is 1. The van der Waals surface area contributed by atoms with Crippen LogP contribution < -0.4 is 15.2 Å². The number of nitrogens with one attached hydrogen (secondary N) is 1. The van der Waals surface area contributed by atoms with Crippen LogP contribution in [0.3, 0.4) is 0 Å². The molecule has 0 aliphatic heterocycles. The summed E-state index contributed by atoms with van der Waals surface area (Å²) in [7, 11) is -3.74. The Kier molecular flexibility index (Phi) is 6.94. The van der Waals surface area contributed by atoms with Gasteiger partial charge in [0.2, 0.25) is 15.9 Å². The van der Waals surface area contributed by atoms with Crippen molar-refractivity contribution in [3.63, 3.8) is 0 Å². The summed E-state index contributed by atoms with van der Waals surface area (Å²) < 4.78 is 28.0. The monoisotopic (exact) mass is 374 g/mol. The van der Waals surface area contributed by atoms with Crippen molar-refractivity contribution >= 4 is 27.7 Å². The zero-order chi connectivity index (χ0) is 19.0. The first-order chi connectivity index (χ1) is 12.4. The fourth-order valence-corrected chi connectivity index (χ4v) is 2.61. The van der Waals surface area contributed by atoms with E-state index in [1.54, 1.807) is 6.08 Å². The number of sulfonamides is 1. The van der Waals surface area contributed by atoms with E-state index in [1.807, 2.05) is 24.3 Å². The second-order valence-electron chi connectivity index (χ2n) is 5.66. The van der Waals surface area contributed by atoms with Crippen LogP contribution in [0.25, 0.3) is 6.08 Å². The lowest BCUT2D eigenvalue weighted by Crippen LogP contribution is -2.12. The minimum absolute atomic E-state index is 0.00714. The molecule has 0 aromatic heterocycles. The van der Waals surface area contributed by atoms with Crippen LogP contribution in [0.2, 0.25) is 0 Å².